The molecule has 3 nitrogen and oxygen atoms in total. The lowest BCUT2D eigenvalue weighted by Crippen LogP contribution is -2.34. The molecule has 0 saturated carbocycles. The minimum Gasteiger partial charge on any atom is -0.374 e. The molecule has 1 aromatic rings. The van der Waals surface area contributed by atoms with E-state index in [0.717, 1.165) is 6.42 Å². The van der Waals surface area contributed by atoms with Crippen LogP contribution < -0.4 is 5.73 Å². The van der Waals surface area contributed by atoms with E-state index in [2.05, 4.69) is 4.98 Å². The smallest absolute Gasteiger partial charge is 0.0748 e. The highest BCUT2D eigenvalue weighted by Crippen LogP contribution is 2.07. The van der Waals surface area contributed by atoms with Crippen molar-refractivity contribution in [3.8, 4) is 0 Å². The van der Waals surface area contributed by atoms with Crippen molar-refractivity contribution in [2.24, 2.45) is 5.73 Å². The third kappa shape index (κ3) is 3.85. The zero-order valence-electron chi connectivity index (χ0n) is 8.86. The van der Waals surface area contributed by atoms with Crippen LogP contribution in [-0.2, 0) is 11.2 Å². The molecular weight excluding hydrogens is 176 g/mol. The molecule has 0 spiro atoms. The molecule has 0 aromatic carbocycles. The van der Waals surface area contributed by atoms with Gasteiger partial charge in [-0.1, -0.05) is 0 Å². The molecule has 0 radical (unpaired) electrons. The van der Waals surface area contributed by atoms with Crippen LogP contribution in [-0.4, -0.2) is 23.7 Å². The van der Waals surface area contributed by atoms with Gasteiger partial charge in [0.25, 0.3) is 0 Å². The molecule has 0 saturated heterocycles. The van der Waals surface area contributed by atoms with Crippen molar-refractivity contribution in [1.29, 1.82) is 0 Å². The Morgan fingerprint density at radius 3 is 2.57 bits per heavy atom. The number of hydrogen-bond acceptors (Lipinski definition) is 3. The minimum absolute atomic E-state index is 0.215. The first-order chi connectivity index (χ1) is 6.64. The fourth-order valence-corrected chi connectivity index (χ4v) is 1.05. The topological polar surface area (TPSA) is 48.1 Å². The fraction of sp³-hybridized carbons (Fsp3) is 0.545. The summed E-state index contributed by atoms with van der Waals surface area (Å²) in [5, 5.41) is 0. The monoisotopic (exact) mass is 194 g/mol. The van der Waals surface area contributed by atoms with Crippen LogP contribution in [0.5, 0.6) is 0 Å². The number of hydrogen-bond donors (Lipinski definition) is 1. The molecule has 1 rings (SSSR count). The quantitative estimate of drug-likeness (QED) is 0.770. The van der Waals surface area contributed by atoms with Gasteiger partial charge in [0.2, 0.25) is 0 Å². The van der Waals surface area contributed by atoms with Gasteiger partial charge in [-0.25, -0.2) is 0 Å². The van der Waals surface area contributed by atoms with Crippen molar-refractivity contribution in [3.63, 3.8) is 0 Å². The van der Waals surface area contributed by atoms with E-state index in [9.17, 15) is 0 Å². The highest BCUT2D eigenvalue weighted by molar-refractivity contribution is 5.09. The van der Waals surface area contributed by atoms with E-state index in [1.54, 1.807) is 12.4 Å². The average Bonchev–Trinajstić information content (AvgIpc) is 2.19. The fourth-order valence-electron chi connectivity index (χ4n) is 1.05. The predicted molar refractivity (Wildman–Crippen MR) is 57.0 cm³/mol. The van der Waals surface area contributed by atoms with Gasteiger partial charge in [0.05, 0.1) is 12.2 Å². The van der Waals surface area contributed by atoms with E-state index < -0.39 is 0 Å². The summed E-state index contributed by atoms with van der Waals surface area (Å²) in [6.45, 7) is 5.25. The molecule has 3 heteroatoms. The maximum absolute atomic E-state index is 5.64. The van der Waals surface area contributed by atoms with Crippen LogP contribution in [0.4, 0.5) is 0 Å². The van der Waals surface area contributed by atoms with E-state index in [1.807, 2.05) is 26.0 Å². The van der Waals surface area contributed by atoms with Crippen molar-refractivity contribution in [3.05, 3.63) is 30.1 Å². The molecule has 0 unspecified atom stereocenters. The standard InChI is InChI=1S/C11H18N2O/c1-11(2,9-12)14-8-5-10-3-6-13-7-4-10/h3-4,6-7H,5,8-9,12H2,1-2H3. The third-order valence-electron chi connectivity index (χ3n) is 2.12. The van der Waals surface area contributed by atoms with E-state index in [-0.39, 0.29) is 5.60 Å². The molecule has 0 aliphatic heterocycles. The van der Waals surface area contributed by atoms with Gasteiger partial charge in [0, 0.05) is 18.9 Å². The van der Waals surface area contributed by atoms with Crippen LogP contribution >= 0.6 is 0 Å². The first-order valence-electron chi connectivity index (χ1n) is 4.87. The lowest BCUT2D eigenvalue weighted by molar-refractivity contribution is -0.00854. The van der Waals surface area contributed by atoms with Gasteiger partial charge < -0.3 is 10.5 Å². The van der Waals surface area contributed by atoms with Crippen molar-refractivity contribution in [1.82, 2.24) is 4.98 Å². The zero-order valence-corrected chi connectivity index (χ0v) is 8.86. The van der Waals surface area contributed by atoms with E-state index in [0.29, 0.717) is 13.2 Å². The van der Waals surface area contributed by atoms with Gasteiger partial charge in [-0.15, -0.1) is 0 Å². The third-order valence-corrected chi connectivity index (χ3v) is 2.12. The summed E-state index contributed by atoms with van der Waals surface area (Å²) >= 11 is 0. The molecule has 0 bridgehead atoms. The van der Waals surface area contributed by atoms with Gasteiger partial charge in [0.1, 0.15) is 0 Å². The Bertz CT molecular complexity index is 259. The second kappa shape index (κ2) is 5.08. The summed E-state index contributed by atoms with van der Waals surface area (Å²) in [6, 6.07) is 4.00. The minimum atomic E-state index is -0.215. The molecule has 0 atom stereocenters. The first-order valence-corrected chi connectivity index (χ1v) is 4.87. The van der Waals surface area contributed by atoms with Gasteiger partial charge in [0.15, 0.2) is 0 Å². The number of nitrogens with zero attached hydrogens (tertiary/aromatic N) is 1. The Balaban J connectivity index is 2.29. The van der Waals surface area contributed by atoms with Gasteiger partial charge in [-0.05, 0) is 38.0 Å². The van der Waals surface area contributed by atoms with Crippen molar-refractivity contribution < 1.29 is 4.74 Å². The highest BCUT2D eigenvalue weighted by Gasteiger charge is 2.14. The molecule has 1 heterocycles. The summed E-state index contributed by atoms with van der Waals surface area (Å²) in [5.41, 5.74) is 6.58. The van der Waals surface area contributed by atoms with Crippen molar-refractivity contribution >= 4 is 0 Å². The maximum Gasteiger partial charge on any atom is 0.0748 e. The number of aromatic nitrogens is 1. The Kier molecular flexibility index (Phi) is 4.04. The van der Waals surface area contributed by atoms with Gasteiger partial charge >= 0.3 is 0 Å². The molecule has 78 valence electrons. The molecule has 0 aliphatic rings. The van der Waals surface area contributed by atoms with Gasteiger partial charge in [-0.2, -0.15) is 0 Å². The summed E-state index contributed by atoms with van der Waals surface area (Å²) in [4.78, 5) is 3.96. The molecular formula is C11H18N2O. The lowest BCUT2D eigenvalue weighted by atomic mass is 10.1. The Morgan fingerprint density at radius 2 is 2.00 bits per heavy atom. The van der Waals surface area contributed by atoms with Crippen molar-refractivity contribution in [2.45, 2.75) is 25.9 Å². The summed E-state index contributed by atoms with van der Waals surface area (Å²) in [6.07, 6.45) is 4.50. The molecule has 0 amide bonds. The molecule has 14 heavy (non-hydrogen) atoms. The summed E-state index contributed by atoms with van der Waals surface area (Å²) < 4.78 is 5.64. The largest absolute Gasteiger partial charge is 0.374 e. The van der Waals surface area contributed by atoms with Crippen LogP contribution in [0.15, 0.2) is 24.5 Å². The predicted octanol–water partition coefficient (Wildman–Crippen LogP) is 1.38. The van der Waals surface area contributed by atoms with Crippen LogP contribution in [0.2, 0.25) is 0 Å². The molecule has 2 N–H and O–H groups in total. The summed E-state index contributed by atoms with van der Waals surface area (Å²) in [7, 11) is 0. The summed E-state index contributed by atoms with van der Waals surface area (Å²) in [5.74, 6) is 0. The zero-order chi connectivity index (χ0) is 10.4. The van der Waals surface area contributed by atoms with Gasteiger partial charge in [-0.3, -0.25) is 4.98 Å². The normalized spacial score (nSPS) is 11.6. The van der Waals surface area contributed by atoms with E-state index >= 15 is 0 Å². The Hall–Kier alpha value is -0.930. The molecule has 1 aromatic heterocycles. The molecule has 0 fully saturated rings. The number of rotatable bonds is 5. The van der Waals surface area contributed by atoms with Crippen LogP contribution in [0, 0.1) is 0 Å². The Labute approximate surface area is 85.3 Å². The van der Waals surface area contributed by atoms with Crippen LogP contribution in [0.1, 0.15) is 19.4 Å². The highest BCUT2D eigenvalue weighted by atomic mass is 16.5. The maximum atomic E-state index is 5.64. The van der Waals surface area contributed by atoms with Crippen LogP contribution in [0.25, 0.3) is 0 Å². The van der Waals surface area contributed by atoms with E-state index in [4.69, 9.17) is 10.5 Å². The number of ether oxygens (including phenoxy) is 1. The van der Waals surface area contributed by atoms with E-state index in [1.165, 1.54) is 5.56 Å². The second-order valence-corrected chi connectivity index (χ2v) is 3.92. The van der Waals surface area contributed by atoms with Crippen molar-refractivity contribution in [2.75, 3.05) is 13.2 Å². The molecule has 0 aliphatic carbocycles. The SMILES string of the molecule is CC(C)(CN)OCCc1ccncc1. The average molecular weight is 194 g/mol. The number of nitrogens with two attached hydrogens (primary N) is 1. The number of pyridine rings is 1. The Morgan fingerprint density at radius 1 is 1.36 bits per heavy atom. The van der Waals surface area contributed by atoms with Crippen LogP contribution in [0.3, 0.4) is 0 Å². The second-order valence-electron chi connectivity index (χ2n) is 3.92. The first kappa shape index (κ1) is 11.1. The lowest BCUT2D eigenvalue weighted by Gasteiger charge is -2.23.